The van der Waals surface area contributed by atoms with Crippen LogP contribution in [0.25, 0.3) is 0 Å². The van der Waals surface area contributed by atoms with Crippen LogP contribution >= 0.6 is 0 Å². The molecule has 1 aliphatic rings. The largest absolute Gasteiger partial charge is 0.339 e. The van der Waals surface area contributed by atoms with Crippen LogP contribution in [0.2, 0.25) is 0 Å². The summed E-state index contributed by atoms with van der Waals surface area (Å²) < 4.78 is 0. The molecular formula is C15H22N6. The Labute approximate surface area is 124 Å². The van der Waals surface area contributed by atoms with Gasteiger partial charge in [-0.3, -0.25) is 10.1 Å². The molecule has 1 unspecified atom stereocenters. The molecular weight excluding hydrogens is 264 g/mol. The zero-order chi connectivity index (χ0) is 14.5. The van der Waals surface area contributed by atoms with Crippen LogP contribution in [0.4, 0.5) is 5.95 Å². The van der Waals surface area contributed by atoms with E-state index in [1.807, 2.05) is 24.4 Å². The average molecular weight is 286 g/mol. The second-order valence-electron chi connectivity index (χ2n) is 5.59. The predicted octanol–water partition coefficient (Wildman–Crippen LogP) is 1.16. The summed E-state index contributed by atoms with van der Waals surface area (Å²) in [5, 5.41) is 7.39. The van der Waals surface area contributed by atoms with Gasteiger partial charge in [-0.15, -0.1) is 5.10 Å². The van der Waals surface area contributed by atoms with Crippen LogP contribution in [0.1, 0.15) is 24.4 Å². The van der Waals surface area contributed by atoms with Crippen molar-refractivity contribution < 1.29 is 0 Å². The van der Waals surface area contributed by atoms with Gasteiger partial charge in [0.1, 0.15) is 5.82 Å². The Hall–Kier alpha value is -1.95. The minimum absolute atomic E-state index is 0.564. The molecule has 3 N–H and O–H groups in total. The molecule has 0 saturated carbocycles. The van der Waals surface area contributed by atoms with Crippen molar-refractivity contribution in [2.24, 2.45) is 11.7 Å². The summed E-state index contributed by atoms with van der Waals surface area (Å²) in [5.41, 5.74) is 6.86. The first-order valence-electron chi connectivity index (χ1n) is 7.61. The first-order valence-corrected chi connectivity index (χ1v) is 7.61. The highest BCUT2D eigenvalue weighted by atomic mass is 15.4. The number of H-pyrrole nitrogens is 1. The lowest BCUT2D eigenvalue weighted by Crippen LogP contribution is -2.39. The third-order valence-electron chi connectivity index (χ3n) is 4.00. The van der Waals surface area contributed by atoms with Crippen LogP contribution in [0.5, 0.6) is 0 Å². The van der Waals surface area contributed by atoms with E-state index < -0.39 is 0 Å². The Balaban J connectivity index is 1.58. The standard InChI is InChI=1S/C15H22N6/c16-10-12-4-3-9-21(11-12)15-18-14(19-20-15)7-6-13-5-1-2-8-17-13/h1-2,5,8,12H,3-4,6-7,9-11,16H2,(H,18,19,20). The summed E-state index contributed by atoms with van der Waals surface area (Å²) in [6.45, 7) is 2.73. The molecule has 1 aliphatic heterocycles. The number of piperidine rings is 1. The van der Waals surface area contributed by atoms with Crippen LogP contribution in [0.3, 0.4) is 0 Å². The van der Waals surface area contributed by atoms with Crippen molar-refractivity contribution in [3.8, 4) is 0 Å². The van der Waals surface area contributed by atoms with Crippen LogP contribution < -0.4 is 10.6 Å². The fourth-order valence-electron chi connectivity index (χ4n) is 2.77. The maximum atomic E-state index is 5.78. The summed E-state index contributed by atoms with van der Waals surface area (Å²) in [6.07, 6.45) is 5.91. The molecule has 1 saturated heterocycles. The monoisotopic (exact) mass is 286 g/mol. The first-order chi connectivity index (χ1) is 10.3. The highest BCUT2D eigenvalue weighted by molar-refractivity contribution is 5.29. The lowest BCUT2D eigenvalue weighted by molar-refractivity contribution is 0.419. The van der Waals surface area contributed by atoms with Crippen molar-refractivity contribution in [3.05, 3.63) is 35.9 Å². The Bertz CT molecular complexity index is 552. The van der Waals surface area contributed by atoms with E-state index in [1.165, 1.54) is 12.8 Å². The summed E-state index contributed by atoms with van der Waals surface area (Å²) >= 11 is 0. The number of aromatic amines is 1. The molecule has 0 aliphatic carbocycles. The van der Waals surface area contributed by atoms with E-state index in [9.17, 15) is 0 Å². The molecule has 0 spiro atoms. The number of nitrogens with one attached hydrogen (secondary N) is 1. The van der Waals surface area contributed by atoms with Gasteiger partial charge in [-0.25, -0.2) is 0 Å². The van der Waals surface area contributed by atoms with E-state index in [0.717, 1.165) is 49.9 Å². The number of aryl methyl sites for hydroxylation is 2. The molecule has 6 heteroatoms. The van der Waals surface area contributed by atoms with E-state index >= 15 is 0 Å². The molecule has 3 heterocycles. The Morgan fingerprint density at radius 2 is 2.29 bits per heavy atom. The van der Waals surface area contributed by atoms with Crippen molar-refractivity contribution in [3.63, 3.8) is 0 Å². The molecule has 1 fully saturated rings. The van der Waals surface area contributed by atoms with Crippen molar-refractivity contribution in [1.29, 1.82) is 0 Å². The number of anilines is 1. The van der Waals surface area contributed by atoms with E-state index in [1.54, 1.807) is 0 Å². The number of hydrogen-bond acceptors (Lipinski definition) is 5. The van der Waals surface area contributed by atoms with Crippen molar-refractivity contribution >= 4 is 5.95 Å². The Morgan fingerprint density at radius 3 is 3.10 bits per heavy atom. The van der Waals surface area contributed by atoms with E-state index in [-0.39, 0.29) is 0 Å². The molecule has 3 rings (SSSR count). The lowest BCUT2D eigenvalue weighted by atomic mass is 9.99. The molecule has 6 nitrogen and oxygen atoms in total. The summed E-state index contributed by atoms with van der Waals surface area (Å²) in [6, 6.07) is 5.98. The van der Waals surface area contributed by atoms with Gasteiger partial charge in [-0.05, 0) is 43.9 Å². The van der Waals surface area contributed by atoms with Gasteiger partial charge in [-0.1, -0.05) is 6.07 Å². The molecule has 2 aromatic heterocycles. The maximum absolute atomic E-state index is 5.78. The van der Waals surface area contributed by atoms with E-state index in [0.29, 0.717) is 5.92 Å². The van der Waals surface area contributed by atoms with Gasteiger partial charge >= 0.3 is 0 Å². The van der Waals surface area contributed by atoms with Gasteiger partial charge in [0.25, 0.3) is 0 Å². The minimum atomic E-state index is 0.564. The summed E-state index contributed by atoms with van der Waals surface area (Å²) in [4.78, 5) is 11.2. The van der Waals surface area contributed by atoms with Crippen LogP contribution in [0, 0.1) is 5.92 Å². The number of aromatic nitrogens is 4. The number of nitrogens with two attached hydrogens (primary N) is 1. The molecule has 0 radical (unpaired) electrons. The van der Waals surface area contributed by atoms with E-state index in [2.05, 4.69) is 25.1 Å². The molecule has 2 aromatic rings. The fourth-order valence-corrected chi connectivity index (χ4v) is 2.77. The third kappa shape index (κ3) is 3.58. The molecule has 0 amide bonds. The molecule has 21 heavy (non-hydrogen) atoms. The fraction of sp³-hybridized carbons (Fsp3) is 0.533. The predicted molar refractivity (Wildman–Crippen MR) is 82.0 cm³/mol. The SMILES string of the molecule is NCC1CCCN(c2n[nH]c(CCc3ccccn3)n2)C1. The maximum Gasteiger partial charge on any atom is 0.244 e. The van der Waals surface area contributed by atoms with Crippen molar-refractivity contribution in [1.82, 2.24) is 20.2 Å². The average Bonchev–Trinajstić information content (AvgIpc) is 3.03. The van der Waals surface area contributed by atoms with Crippen molar-refractivity contribution in [2.75, 3.05) is 24.5 Å². The van der Waals surface area contributed by atoms with Crippen LogP contribution in [-0.4, -0.2) is 39.8 Å². The third-order valence-corrected chi connectivity index (χ3v) is 4.00. The molecule has 1 atom stereocenters. The number of hydrogen-bond donors (Lipinski definition) is 2. The zero-order valence-electron chi connectivity index (χ0n) is 12.2. The zero-order valence-corrected chi connectivity index (χ0v) is 12.2. The molecule has 0 aromatic carbocycles. The second-order valence-corrected chi connectivity index (χ2v) is 5.59. The number of nitrogens with zero attached hydrogens (tertiary/aromatic N) is 4. The van der Waals surface area contributed by atoms with Gasteiger partial charge in [0, 0.05) is 31.4 Å². The number of rotatable bonds is 5. The Morgan fingerprint density at radius 1 is 1.33 bits per heavy atom. The minimum Gasteiger partial charge on any atom is -0.339 e. The van der Waals surface area contributed by atoms with Gasteiger partial charge in [0.2, 0.25) is 5.95 Å². The van der Waals surface area contributed by atoms with Gasteiger partial charge < -0.3 is 10.6 Å². The summed E-state index contributed by atoms with van der Waals surface area (Å²) in [7, 11) is 0. The van der Waals surface area contributed by atoms with Gasteiger partial charge in [0.05, 0.1) is 0 Å². The lowest BCUT2D eigenvalue weighted by Gasteiger charge is -2.31. The highest BCUT2D eigenvalue weighted by Crippen LogP contribution is 2.19. The quantitative estimate of drug-likeness (QED) is 0.861. The van der Waals surface area contributed by atoms with E-state index in [4.69, 9.17) is 5.73 Å². The molecule has 112 valence electrons. The van der Waals surface area contributed by atoms with Gasteiger partial charge in [0.15, 0.2) is 0 Å². The normalized spacial score (nSPS) is 18.9. The number of pyridine rings is 1. The first kappa shape index (κ1) is 14.0. The highest BCUT2D eigenvalue weighted by Gasteiger charge is 2.21. The van der Waals surface area contributed by atoms with Crippen LogP contribution in [-0.2, 0) is 12.8 Å². The van der Waals surface area contributed by atoms with Crippen molar-refractivity contribution in [2.45, 2.75) is 25.7 Å². The van der Waals surface area contributed by atoms with Gasteiger partial charge in [-0.2, -0.15) is 4.98 Å². The second kappa shape index (κ2) is 6.67. The molecule has 0 bridgehead atoms. The summed E-state index contributed by atoms with van der Waals surface area (Å²) in [5.74, 6) is 2.30. The topological polar surface area (TPSA) is 83.7 Å². The smallest absolute Gasteiger partial charge is 0.244 e. The Kier molecular flexibility index (Phi) is 4.45. The van der Waals surface area contributed by atoms with Crippen LogP contribution in [0.15, 0.2) is 24.4 Å².